The van der Waals surface area contributed by atoms with Crippen LogP contribution in [0.3, 0.4) is 0 Å². The van der Waals surface area contributed by atoms with Gasteiger partial charge in [0.15, 0.2) is 6.10 Å². The van der Waals surface area contributed by atoms with Crippen molar-refractivity contribution < 1.29 is 20.5 Å². The molecule has 14 heavy (non-hydrogen) atoms. The van der Waals surface area contributed by atoms with E-state index in [1.165, 1.54) is 0 Å². The van der Waals surface area contributed by atoms with Gasteiger partial charge < -0.3 is 15.7 Å². The van der Waals surface area contributed by atoms with Gasteiger partial charge in [0.1, 0.15) is 0 Å². The fourth-order valence-electron chi connectivity index (χ4n) is 0.925. The van der Waals surface area contributed by atoms with Crippen molar-refractivity contribution in [3.63, 3.8) is 0 Å². The molecule has 73 valence electrons. The third-order valence-corrected chi connectivity index (χ3v) is 1.56. The molecule has 0 fully saturated rings. The second-order valence-corrected chi connectivity index (χ2v) is 2.54. The summed E-state index contributed by atoms with van der Waals surface area (Å²) in [4.78, 5) is 10.3. The Kier molecular flexibility index (Phi) is 9.13. The third kappa shape index (κ3) is 5.36. The Balaban J connectivity index is 0. The Morgan fingerprint density at radius 3 is 2.21 bits per heavy atom. The summed E-state index contributed by atoms with van der Waals surface area (Å²) in [5.74, 6) is -1.18. The maximum Gasteiger partial charge on any atom is 0.332 e. The van der Waals surface area contributed by atoms with Gasteiger partial charge in [-0.25, -0.2) is 4.79 Å². The van der Waals surface area contributed by atoms with Gasteiger partial charge in [-0.1, -0.05) is 30.3 Å². The Labute approximate surface area is 104 Å². The number of carbonyl (C=O) groups is 1. The molecule has 0 aliphatic heterocycles. The SMILES string of the molecule is O.O=C(O)C(O)Cc1ccccc1.[Na]. The van der Waals surface area contributed by atoms with E-state index in [0.717, 1.165) is 5.56 Å². The quantitative estimate of drug-likeness (QED) is 0.653. The molecule has 0 saturated heterocycles. The van der Waals surface area contributed by atoms with Gasteiger partial charge in [0.05, 0.1) is 0 Å². The van der Waals surface area contributed by atoms with Crippen molar-refractivity contribution >= 4 is 35.5 Å². The first kappa shape index (κ1) is 16.1. The minimum atomic E-state index is -1.30. The first-order valence-corrected chi connectivity index (χ1v) is 3.65. The number of hydrogen-bond acceptors (Lipinski definition) is 2. The molecule has 1 atom stereocenters. The number of aliphatic hydroxyl groups excluding tert-OH is 1. The van der Waals surface area contributed by atoms with Gasteiger partial charge in [-0.15, -0.1) is 0 Å². The van der Waals surface area contributed by atoms with Crippen molar-refractivity contribution in [3.8, 4) is 0 Å². The average molecular weight is 207 g/mol. The number of carboxylic acid groups (broad SMARTS) is 1. The molecule has 0 aliphatic rings. The number of rotatable bonds is 3. The smallest absolute Gasteiger partial charge is 0.332 e. The number of aliphatic carboxylic acids is 1. The first-order chi connectivity index (χ1) is 5.70. The van der Waals surface area contributed by atoms with Gasteiger partial charge in [-0.3, -0.25) is 0 Å². The molecule has 0 aliphatic carbocycles. The minimum absolute atomic E-state index is 0. The van der Waals surface area contributed by atoms with E-state index in [-0.39, 0.29) is 41.5 Å². The summed E-state index contributed by atoms with van der Waals surface area (Å²) in [6.07, 6.45) is -1.14. The largest absolute Gasteiger partial charge is 0.479 e. The Hall–Kier alpha value is -0.390. The zero-order valence-electron chi connectivity index (χ0n) is 7.97. The molecule has 5 heteroatoms. The maximum absolute atomic E-state index is 10.3. The van der Waals surface area contributed by atoms with Crippen LogP contribution in [0.25, 0.3) is 0 Å². The zero-order valence-corrected chi connectivity index (χ0v) is 9.97. The van der Waals surface area contributed by atoms with Crippen LogP contribution in [0, 0.1) is 0 Å². The minimum Gasteiger partial charge on any atom is -0.479 e. The van der Waals surface area contributed by atoms with E-state index in [1.54, 1.807) is 12.1 Å². The van der Waals surface area contributed by atoms with Crippen molar-refractivity contribution in [2.75, 3.05) is 0 Å². The van der Waals surface area contributed by atoms with Gasteiger partial charge in [0.2, 0.25) is 0 Å². The van der Waals surface area contributed by atoms with E-state index in [0.29, 0.717) is 0 Å². The summed E-state index contributed by atoms with van der Waals surface area (Å²) < 4.78 is 0. The number of carboxylic acids is 1. The molecule has 0 heterocycles. The first-order valence-electron chi connectivity index (χ1n) is 3.65. The molecule has 0 amide bonds. The molecule has 0 bridgehead atoms. The van der Waals surface area contributed by atoms with Gasteiger partial charge in [-0.05, 0) is 5.56 Å². The van der Waals surface area contributed by atoms with Gasteiger partial charge >= 0.3 is 5.97 Å². The van der Waals surface area contributed by atoms with Gasteiger partial charge in [0.25, 0.3) is 0 Å². The Bertz CT molecular complexity index is 263. The van der Waals surface area contributed by atoms with Crippen LogP contribution in [0.5, 0.6) is 0 Å². The molecule has 1 aromatic rings. The molecule has 1 radical (unpaired) electrons. The van der Waals surface area contributed by atoms with Crippen LogP contribution in [0.2, 0.25) is 0 Å². The van der Waals surface area contributed by atoms with Crippen molar-refractivity contribution in [1.29, 1.82) is 0 Å². The molecule has 0 saturated carbocycles. The van der Waals surface area contributed by atoms with E-state index >= 15 is 0 Å². The number of benzene rings is 1. The van der Waals surface area contributed by atoms with Crippen LogP contribution in [-0.4, -0.2) is 57.3 Å². The maximum atomic E-state index is 10.3. The molecule has 1 rings (SSSR count). The van der Waals surface area contributed by atoms with E-state index in [9.17, 15) is 4.79 Å². The predicted octanol–water partition coefficient (Wildman–Crippen LogP) is -0.531. The van der Waals surface area contributed by atoms with Crippen molar-refractivity contribution in [2.45, 2.75) is 12.5 Å². The van der Waals surface area contributed by atoms with Crippen LogP contribution >= 0.6 is 0 Å². The van der Waals surface area contributed by atoms with Crippen molar-refractivity contribution in [2.24, 2.45) is 0 Å². The summed E-state index contributed by atoms with van der Waals surface area (Å²) in [7, 11) is 0. The molecule has 1 unspecified atom stereocenters. The number of hydrogen-bond donors (Lipinski definition) is 2. The Morgan fingerprint density at radius 1 is 1.29 bits per heavy atom. The summed E-state index contributed by atoms with van der Waals surface area (Å²) >= 11 is 0. The van der Waals surface area contributed by atoms with Gasteiger partial charge in [-0.2, -0.15) is 0 Å². The van der Waals surface area contributed by atoms with E-state index in [1.807, 2.05) is 18.2 Å². The summed E-state index contributed by atoms with van der Waals surface area (Å²) in [5, 5.41) is 17.4. The van der Waals surface area contributed by atoms with E-state index in [2.05, 4.69) is 0 Å². The molecule has 0 spiro atoms. The fraction of sp³-hybridized carbons (Fsp3) is 0.222. The topological polar surface area (TPSA) is 89.0 Å². The fourth-order valence-corrected chi connectivity index (χ4v) is 0.925. The summed E-state index contributed by atoms with van der Waals surface area (Å²) in [6, 6.07) is 9.03. The van der Waals surface area contributed by atoms with Crippen LogP contribution in [0.4, 0.5) is 0 Å². The second kappa shape index (κ2) is 7.96. The summed E-state index contributed by atoms with van der Waals surface area (Å²) in [5.41, 5.74) is 0.826. The second-order valence-electron chi connectivity index (χ2n) is 2.54. The van der Waals surface area contributed by atoms with E-state index < -0.39 is 12.1 Å². The van der Waals surface area contributed by atoms with Crippen LogP contribution < -0.4 is 0 Å². The molecular formula is C9H12NaO4. The summed E-state index contributed by atoms with van der Waals surface area (Å²) in [6.45, 7) is 0. The van der Waals surface area contributed by atoms with E-state index in [4.69, 9.17) is 10.2 Å². The van der Waals surface area contributed by atoms with Gasteiger partial charge in [0, 0.05) is 36.0 Å². The zero-order chi connectivity index (χ0) is 8.97. The van der Waals surface area contributed by atoms with Crippen molar-refractivity contribution in [1.82, 2.24) is 0 Å². The normalized spacial score (nSPS) is 10.6. The molecule has 1 aromatic carbocycles. The molecular weight excluding hydrogens is 195 g/mol. The molecule has 4 nitrogen and oxygen atoms in total. The number of aliphatic hydroxyl groups is 1. The monoisotopic (exact) mass is 207 g/mol. The Morgan fingerprint density at radius 2 is 1.79 bits per heavy atom. The molecule has 0 aromatic heterocycles. The van der Waals surface area contributed by atoms with Crippen LogP contribution in [0.15, 0.2) is 30.3 Å². The predicted molar refractivity (Wildman–Crippen MR) is 53.2 cm³/mol. The molecule has 4 N–H and O–H groups in total. The average Bonchev–Trinajstić information content (AvgIpc) is 2.06. The van der Waals surface area contributed by atoms with Crippen LogP contribution in [-0.2, 0) is 11.2 Å². The third-order valence-electron chi connectivity index (χ3n) is 1.56. The van der Waals surface area contributed by atoms with Crippen molar-refractivity contribution in [3.05, 3.63) is 35.9 Å². The standard InChI is InChI=1S/C9H10O3.Na.H2O/c10-8(9(11)12)6-7-4-2-1-3-5-7;;/h1-5,8,10H,6H2,(H,11,12);;1H2. The van der Waals surface area contributed by atoms with Crippen LogP contribution in [0.1, 0.15) is 5.56 Å².